The predicted molar refractivity (Wildman–Crippen MR) is 171 cm³/mol. The summed E-state index contributed by atoms with van der Waals surface area (Å²) in [4.78, 5) is 30.0. The van der Waals surface area contributed by atoms with Crippen LogP contribution in [-0.2, 0) is 6.61 Å². The standard InChI is InChI=1S/C35H33N3O6/c1-21(2)27-18-28(22(3)17-31(27)43-5)33-37-29-11-7-6-10-26(29)34(39)38(33)36-19-25-9-8-12-30(42-4)32(25)44-20-23-13-15-24(16-14-23)35(40)41/h6-19,21H,20H2,1-5H3,(H,40,41). The summed E-state index contributed by atoms with van der Waals surface area (Å²) in [6.45, 7) is 6.28. The first kappa shape index (κ1) is 30.0. The maximum Gasteiger partial charge on any atom is 0.335 e. The predicted octanol–water partition coefficient (Wildman–Crippen LogP) is 6.67. The number of rotatable bonds is 10. The van der Waals surface area contributed by atoms with Gasteiger partial charge in [0.1, 0.15) is 12.4 Å². The smallest absolute Gasteiger partial charge is 0.335 e. The second kappa shape index (κ2) is 12.8. The van der Waals surface area contributed by atoms with Crippen LogP contribution in [0.5, 0.6) is 17.2 Å². The molecule has 5 aromatic rings. The molecule has 1 aromatic heterocycles. The van der Waals surface area contributed by atoms with Crippen LogP contribution >= 0.6 is 0 Å². The van der Waals surface area contributed by atoms with Gasteiger partial charge in [0.15, 0.2) is 17.3 Å². The lowest BCUT2D eigenvalue weighted by Gasteiger charge is -2.17. The molecule has 224 valence electrons. The molecule has 44 heavy (non-hydrogen) atoms. The molecule has 9 nitrogen and oxygen atoms in total. The van der Waals surface area contributed by atoms with E-state index in [-0.39, 0.29) is 23.6 Å². The van der Waals surface area contributed by atoms with Crippen molar-refractivity contribution in [3.8, 4) is 28.6 Å². The summed E-state index contributed by atoms with van der Waals surface area (Å²) in [5.41, 5.74) is 4.44. The van der Waals surface area contributed by atoms with Crippen molar-refractivity contribution in [2.75, 3.05) is 14.2 Å². The van der Waals surface area contributed by atoms with Crippen molar-refractivity contribution in [3.05, 3.63) is 117 Å². The van der Waals surface area contributed by atoms with E-state index in [9.17, 15) is 14.7 Å². The number of carboxylic acids is 1. The Bertz CT molecular complexity index is 1930. The first-order valence-corrected chi connectivity index (χ1v) is 14.1. The number of aromatic nitrogens is 2. The number of carboxylic acid groups (broad SMARTS) is 1. The quantitative estimate of drug-likeness (QED) is 0.181. The summed E-state index contributed by atoms with van der Waals surface area (Å²) in [6, 6.07) is 23.0. The molecule has 0 aliphatic heterocycles. The van der Waals surface area contributed by atoms with Gasteiger partial charge in [-0.1, -0.05) is 44.2 Å². The minimum atomic E-state index is -0.997. The van der Waals surface area contributed by atoms with Crippen molar-refractivity contribution >= 4 is 23.1 Å². The summed E-state index contributed by atoms with van der Waals surface area (Å²) in [5, 5.41) is 14.3. The van der Waals surface area contributed by atoms with E-state index in [1.807, 2.05) is 37.3 Å². The number of methoxy groups -OCH3 is 2. The topological polar surface area (TPSA) is 112 Å². The van der Waals surface area contributed by atoms with Crippen LogP contribution in [-0.4, -0.2) is 41.2 Å². The van der Waals surface area contributed by atoms with Gasteiger partial charge in [0.05, 0.1) is 36.9 Å². The van der Waals surface area contributed by atoms with E-state index in [1.165, 1.54) is 16.8 Å². The van der Waals surface area contributed by atoms with Crippen LogP contribution in [0.1, 0.15) is 52.4 Å². The van der Waals surface area contributed by atoms with Crippen molar-refractivity contribution in [1.82, 2.24) is 9.66 Å². The third-order valence-electron chi connectivity index (χ3n) is 7.32. The monoisotopic (exact) mass is 591 g/mol. The van der Waals surface area contributed by atoms with Crippen LogP contribution in [0.2, 0.25) is 0 Å². The van der Waals surface area contributed by atoms with Crippen molar-refractivity contribution in [2.24, 2.45) is 5.10 Å². The highest BCUT2D eigenvalue weighted by Gasteiger charge is 2.19. The van der Waals surface area contributed by atoms with Gasteiger partial charge in [0.2, 0.25) is 0 Å². The molecule has 0 bridgehead atoms. The first-order chi connectivity index (χ1) is 21.2. The fourth-order valence-electron chi connectivity index (χ4n) is 4.94. The fraction of sp³-hybridized carbons (Fsp3) is 0.200. The second-order valence-corrected chi connectivity index (χ2v) is 10.5. The number of aryl methyl sites for hydroxylation is 1. The summed E-state index contributed by atoms with van der Waals surface area (Å²) >= 11 is 0. The lowest BCUT2D eigenvalue weighted by atomic mass is 9.96. The maximum absolute atomic E-state index is 13.9. The summed E-state index contributed by atoms with van der Waals surface area (Å²) in [5.74, 6) is 1.25. The molecule has 0 saturated carbocycles. The van der Waals surface area contributed by atoms with Gasteiger partial charge in [-0.15, -0.1) is 0 Å². The lowest BCUT2D eigenvalue weighted by molar-refractivity contribution is 0.0697. The molecule has 0 fully saturated rings. The molecule has 0 aliphatic carbocycles. The molecule has 0 amide bonds. The normalized spacial score (nSPS) is 11.3. The van der Waals surface area contributed by atoms with Crippen LogP contribution in [0, 0.1) is 6.92 Å². The zero-order chi connectivity index (χ0) is 31.4. The average molecular weight is 592 g/mol. The number of ether oxygens (including phenoxy) is 3. The molecule has 4 aromatic carbocycles. The number of benzene rings is 4. The number of nitrogens with zero attached hydrogens (tertiary/aromatic N) is 3. The average Bonchev–Trinajstić information content (AvgIpc) is 3.03. The number of fused-ring (bicyclic) bond motifs is 1. The molecule has 0 radical (unpaired) electrons. The van der Waals surface area contributed by atoms with Gasteiger partial charge in [-0.25, -0.2) is 9.78 Å². The van der Waals surface area contributed by atoms with Gasteiger partial charge in [-0.2, -0.15) is 9.78 Å². The van der Waals surface area contributed by atoms with Gasteiger partial charge in [0, 0.05) is 11.1 Å². The van der Waals surface area contributed by atoms with Crippen LogP contribution in [0.25, 0.3) is 22.3 Å². The molecule has 0 unspecified atom stereocenters. The Kier molecular flexibility index (Phi) is 8.76. The highest BCUT2D eigenvalue weighted by molar-refractivity contribution is 5.88. The molecular formula is C35H33N3O6. The number of aromatic carboxylic acids is 1. The number of carbonyl (C=O) groups is 1. The van der Waals surface area contributed by atoms with Crippen molar-refractivity contribution < 1.29 is 24.1 Å². The molecular weight excluding hydrogens is 558 g/mol. The Morgan fingerprint density at radius 2 is 1.70 bits per heavy atom. The van der Waals surface area contributed by atoms with Gasteiger partial charge in [0.25, 0.3) is 5.56 Å². The third-order valence-corrected chi connectivity index (χ3v) is 7.32. The zero-order valence-corrected chi connectivity index (χ0v) is 25.2. The van der Waals surface area contributed by atoms with Gasteiger partial charge < -0.3 is 19.3 Å². The first-order valence-electron chi connectivity index (χ1n) is 14.1. The Morgan fingerprint density at radius 1 is 0.977 bits per heavy atom. The summed E-state index contributed by atoms with van der Waals surface area (Å²) in [7, 11) is 3.19. The van der Waals surface area contributed by atoms with E-state index in [0.717, 1.165) is 28.0 Å². The molecule has 9 heteroatoms. The van der Waals surface area contributed by atoms with Crippen LogP contribution in [0.3, 0.4) is 0 Å². The van der Waals surface area contributed by atoms with E-state index in [1.54, 1.807) is 56.8 Å². The highest BCUT2D eigenvalue weighted by atomic mass is 16.5. The molecule has 0 saturated heterocycles. The fourth-order valence-corrected chi connectivity index (χ4v) is 4.94. The van der Waals surface area contributed by atoms with Crippen LogP contribution in [0.4, 0.5) is 0 Å². The summed E-state index contributed by atoms with van der Waals surface area (Å²) in [6.07, 6.45) is 1.55. The number of hydrogen-bond donors (Lipinski definition) is 1. The number of hydrogen-bond acceptors (Lipinski definition) is 7. The van der Waals surface area contributed by atoms with Crippen LogP contribution < -0.4 is 19.8 Å². The molecule has 1 heterocycles. The molecule has 0 spiro atoms. The Labute approximate surface area is 255 Å². The highest BCUT2D eigenvalue weighted by Crippen LogP contribution is 2.34. The van der Waals surface area contributed by atoms with Crippen molar-refractivity contribution in [3.63, 3.8) is 0 Å². The minimum Gasteiger partial charge on any atom is -0.496 e. The molecule has 5 rings (SSSR count). The maximum atomic E-state index is 13.9. The Morgan fingerprint density at radius 3 is 2.39 bits per heavy atom. The van der Waals surface area contributed by atoms with E-state index in [2.05, 4.69) is 18.9 Å². The van der Waals surface area contributed by atoms with Gasteiger partial charge >= 0.3 is 5.97 Å². The number of para-hydroxylation sites is 2. The third kappa shape index (κ3) is 6.03. The van der Waals surface area contributed by atoms with E-state index < -0.39 is 5.97 Å². The zero-order valence-electron chi connectivity index (χ0n) is 25.2. The SMILES string of the molecule is COc1cc(C)c(-c2nc3ccccc3c(=O)n2N=Cc2cccc(OC)c2OCc2ccc(C(=O)O)cc2)cc1C(C)C. The largest absolute Gasteiger partial charge is 0.496 e. The lowest BCUT2D eigenvalue weighted by Crippen LogP contribution is -2.21. The summed E-state index contributed by atoms with van der Waals surface area (Å²) < 4.78 is 18.7. The van der Waals surface area contributed by atoms with Gasteiger partial charge in [-0.3, -0.25) is 4.79 Å². The Hall–Kier alpha value is -5.44. The molecule has 0 atom stereocenters. The van der Waals surface area contributed by atoms with E-state index >= 15 is 0 Å². The van der Waals surface area contributed by atoms with E-state index in [0.29, 0.717) is 33.8 Å². The van der Waals surface area contributed by atoms with E-state index in [4.69, 9.17) is 19.2 Å². The van der Waals surface area contributed by atoms with Crippen molar-refractivity contribution in [1.29, 1.82) is 0 Å². The second-order valence-electron chi connectivity index (χ2n) is 10.5. The minimum absolute atomic E-state index is 0.160. The van der Waals surface area contributed by atoms with Gasteiger partial charge in [-0.05, 0) is 78.1 Å². The van der Waals surface area contributed by atoms with Crippen LogP contribution in [0.15, 0.2) is 88.8 Å². The Balaban J connectivity index is 1.61. The molecule has 0 aliphatic rings. The molecule has 1 N–H and O–H groups in total. The van der Waals surface area contributed by atoms with Crippen molar-refractivity contribution in [2.45, 2.75) is 33.3 Å².